The highest BCUT2D eigenvalue weighted by molar-refractivity contribution is 5.83. The van der Waals surface area contributed by atoms with Gasteiger partial charge < -0.3 is 4.74 Å². The lowest BCUT2D eigenvalue weighted by atomic mass is 10.5. The summed E-state index contributed by atoms with van der Waals surface area (Å²) in [4.78, 5) is 41.4. The molecule has 0 saturated carbocycles. The highest BCUT2D eigenvalue weighted by atomic mass is 16.5. The van der Waals surface area contributed by atoms with Crippen LogP contribution in [0.3, 0.4) is 0 Å². The van der Waals surface area contributed by atoms with Crippen LogP contribution in [0.15, 0.2) is 15.9 Å². The highest BCUT2D eigenvalue weighted by Gasteiger charge is 2.13. The zero-order valence-electron chi connectivity index (χ0n) is 7.60. The standard InChI is InChI=1S/C7H6N4O4/c1-15-7(14)11-2-8-4-3(11)5(12)10-6(13)9-4/h2H,1H3,(H2,9,10,12,13). The second-order valence-corrected chi connectivity index (χ2v) is 2.69. The molecule has 2 N–H and O–H groups in total. The fraction of sp³-hybridized carbons (Fsp3) is 0.143. The molecule has 0 bridgehead atoms. The van der Waals surface area contributed by atoms with E-state index in [2.05, 4.69) is 14.7 Å². The third-order valence-corrected chi connectivity index (χ3v) is 1.81. The molecule has 2 aromatic rings. The molecule has 0 atom stereocenters. The van der Waals surface area contributed by atoms with Crippen molar-refractivity contribution >= 4 is 17.3 Å². The predicted octanol–water partition coefficient (Wildman–Crippen LogP) is -0.973. The van der Waals surface area contributed by atoms with E-state index >= 15 is 0 Å². The SMILES string of the molecule is COC(=O)n1cnc2[nH]c(=O)[nH]c(=O)c21. The van der Waals surface area contributed by atoms with Gasteiger partial charge in [0.05, 0.1) is 7.11 Å². The molecule has 15 heavy (non-hydrogen) atoms. The van der Waals surface area contributed by atoms with Gasteiger partial charge in [-0.1, -0.05) is 0 Å². The molecule has 0 aromatic carbocycles. The van der Waals surface area contributed by atoms with Crippen LogP contribution < -0.4 is 11.2 Å². The minimum absolute atomic E-state index is 0.0363. The number of hydrogen-bond donors (Lipinski definition) is 2. The van der Waals surface area contributed by atoms with Gasteiger partial charge in [0.25, 0.3) is 5.56 Å². The number of nitrogens with zero attached hydrogens (tertiary/aromatic N) is 2. The first-order chi connectivity index (χ1) is 7.13. The zero-order valence-corrected chi connectivity index (χ0v) is 7.60. The lowest BCUT2D eigenvalue weighted by Gasteiger charge is -1.98. The highest BCUT2D eigenvalue weighted by Crippen LogP contribution is 2.02. The Balaban J connectivity index is 2.86. The van der Waals surface area contributed by atoms with Crippen molar-refractivity contribution in [2.75, 3.05) is 7.11 Å². The van der Waals surface area contributed by atoms with Crippen molar-refractivity contribution in [3.63, 3.8) is 0 Å². The average Bonchev–Trinajstić information content (AvgIpc) is 2.60. The zero-order chi connectivity index (χ0) is 11.0. The number of H-pyrrole nitrogens is 2. The molecule has 2 rings (SSSR count). The van der Waals surface area contributed by atoms with Crippen LogP contribution in [0.2, 0.25) is 0 Å². The lowest BCUT2D eigenvalue weighted by molar-refractivity contribution is 0.174. The Hall–Kier alpha value is -2.38. The van der Waals surface area contributed by atoms with Gasteiger partial charge in [0.1, 0.15) is 6.33 Å². The number of nitrogens with one attached hydrogen (secondary N) is 2. The molecule has 2 heterocycles. The minimum Gasteiger partial charge on any atom is -0.452 e. The van der Waals surface area contributed by atoms with Gasteiger partial charge in [-0.25, -0.2) is 19.1 Å². The molecular formula is C7H6N4O4. The van der Waals surface area contributed by atoms with Gasteiger partial charge in [0.15, 0.2) is 11.2 Å². The molecule has 0 unspecified atom stereocenters. The molecule has 0 aliphatic rings. The maximum absolute atomic E-state index is 11.4. The summed E-state index contributed by atoms with van der Waals surface area (Å²) in [6.45, 7) is 0. The Morgan fingerprint density at radius 2 is 2.20 bits per heavy atom. The Bertz CT molecular complexity index is 634. The van der Waals surface area contributed by atoms with E-state index in [1.807, 2.05) is 4.98 Å². The molecule has 8 heteroatoms. The van der Waals surface area contributed by atoms with Crippen LogP contribution in [-0.2, 0) is 4.74 Å². The monoisotopic (exact) mass is 210 g/mol. The smallest absolute Gasteiger partial charge is 0.419 e. The Morgan fingerprint density at radius 3 is 2.87 bits per heavy atom. The van der Waals surface area contributed by atoms with Gasteiger partial charge in [-0.3, -0.25) is 14.8 Å². The number of methoxy groups -OCH3 is 1. The van der Waals surface area contributed by atoms with E-state index in [-0.39, 0.29) is 11.2 Å². The summed E-state index contributed by atoms with van der Waals surface area (Å²) in [7, 11) is 1.17. The van der Waals surface area contributed by atoms with E-state index in [0.29, 0.717) is 0 Å². The van der Waals surface area contributed by atoms with E-state index in [0.717, 1.165) is 10.9 Å². The first kappa shape index (κ1) is 9.19. The molecule has 0 saturated heterocycles. The molecule has 0 fully saturated rings. The van der Waals surface area contributed by atoms with Crippen molar-refractivity contribution in [2.24, 2.45) is 0 Å². The maximum atomic E-state index is 11.4. The van der Waals surface area contributed by atoms with Crippen LogP contribution >= 0.6 is 0 Å². The largest absolute Gasteiger partial charge is 0.452 e. The number of carbonyl (C=O) groups excluding carboxylic acids is 1. The van der Waals surface area contributed by atoms with E-state index in [1.54, 1.807) is 0 Å². The van der Waals surface area contributed by atoms with Crippen molar-refractivity contribution < 1.29 is 9.53 Å². The van der Waals surface area contributed by atoms with Crippen LogP contribution in [0.5, 0.6) is 0 Å². The van der Waals surface area contributed by atoms with E-state index < -0.39 is 17.3 Å². The summed E-state index contributed by atoms with van der Waals surface area (Å²) >= 11 is 0. The van der Waals surface area contributed by atoms with Crippen LogP contribution in [0.1, 0.15) is 0 Å². The summed E-state index contributed by atoms with van der Waals surface area (Å²) in [6, 6.07) is 0. The van der Waals surface area contributed by atoms with Crippen molar-refractivity contribution in [3.05, 3.63) is 27.2 Å². The number of imidazole rings is 1. The van der Waals surface area contributed by atoms with Crippen molar-refractivity contribution in [1.29, 1.82) is 0 Å². The molecule has 2 aromatic heterocycles. The van der Waals surface area contributed by atoms with Crippen molar-refractivity contribution in [2.45, 2.75) is 0 Å². The van der Waals surface area contributed by atoms with Gasteiger partial charge in [-0.05, 0) is 0 Å². The fourth-order valence-corrected chi connectivity index (χ4v) is 1.19. The Labute approximate surface area is 81.5 Å². The molecule has 0 amide bonds. The number of ether oxygens (including phenoxy) is 1. The van der Waals surface area contributed by atoms with Crippen molar-refractivity contribution in [1.82, 2.24) is 19.5 Å². The molecule has 78 valence electrons. The van der Waals surface area contributed by atoms with Crippen LogP contribution in [0.4, 0.5) is 4.79 Å². The van der Waals surface area contributed by atoms with Crippen molar-refractivity contribution in [3.8, 4) is 0 Å². The minimum atomic E-state index is -0.755. The lowest BCUT2D eigenvalue weighted by Crippen LogP contribution is -2.24. The summed E-state index contributed by atoms with van der Waals surface area (Å²) in [6.07, 6.45) is 0.344. The summed E-state index contributed by atoms with van der Waals surface area (Å²) < 4.78 is 5.33. The summed E-state index contributed by atoms with van der Waals surface area (Å²) in [5.74, 6) is 0. The van der Waals surface area contributed by atoms with Gasteiger partial charge in [-0.2, -0.15) is 0 Å². The fourth-order valence-electron chi connectivity index (χ4n) is 1.19. The summed E-state index contributed by atoms with van der Waals surface area (Å²) in [5.41, 5.74) is -1.39. The maximum Gasteiger partial charge on any atom is 0.419 e. The first-order valence-electron chi connectivity index (χ1n) is 3.91. The van der Waals surface area contributed by atoms with Crippen LogP contribution in [0.25, 0.3) is 11.2 Å². The molecule has 0 aliphatic heterocycles. The number of aromatic nitrogens is 4. The number of fused-ring (bicyclic) bond motifs is 1. The van der Waals surface area contributed by atoms with E-state index in [1.165, 1.54) is 7.11 Å². The van der Waals surface area contributed by atoms with Crippen LogP contribution in [0, 0.1) is 0 Å². The first-order valence-corrected chi connectivity index (χ1v) is 3.91. The number of aromatic amines is 2. The Morgan fingerprint density at radius 1 is 1.47 bits per heavy atom. The number of rotatable bonds is 0. The number of carbonyl (C=O) groups is 1. The van der Waals surface area contributed by atoms with Gasteiger partial charge in [0, 0.05) is 0 Å². The normalized spacial score (nSPS) is 10.5. The molecular weight excluding hydrogens is 204 g/mol. The second-order valence-electron chi connectivity index (χ2n) is 2.69. The van der Waals surface area contributed by atoms with E-state index in [4.69, 9.17) is 0 Å². The average molecular weight is 210 g/mol. The van der Waals surface area contributed by atoms with Gasteiger partial charge in [-0.15, -0.1) is 0 Å². The number of hydrogen-bond acceptors (Lipinski definition) is 5. The van der Waals surface area contributed by atoms with E-state index in [9.17, 15) is 14.4 Å². The molecule has 0 spiro atoms. The molecule has 0 aliphatic carbocycles. The van der Waals surface area contributed by atoms with Crippen LogP contribution in [-0.4, -0.2) is 32.7 Å². The van der Waals surface area contributed by atoms with Gasteiger partial charge in [0.2, 0.25) is 0 Å². The molecule has 8 nitrogen and oxygen atoms in total. The van der Waals surface area contributed by atoms with Gasteiger partial charge >= 0.3 is 11.8 Å². The third kappa shape index (κ3) is 1.31. The summed E-state index contributed by atoms with van der Waals surface area (Å²) in [5, 5.41) is 0. The Kier molecular flexibility index (Phi) is 1.89. The third-order valence-electron chi connectivity index (χ3n) is 1.81. The second kappa shape index (κ2) is 3.08. The predicted molar refractivity (Wildman–Crippen MR) is 48.8 cm³/mol. The molecule has 0 radical (unpaired) electrons. The quantitative estimate of drug-likeness (QED) is 0.581. The topological polar surface area (TPSA) is 110 Å².